The van der Waals surface area contributed by atoms with Crippen molar-refractivity contribution in [2.24, 2.45) is 5.73 Å². The number of rotatable bonds is 7. The maximum atomic E-state index is 12.2. The van der Waals surface area contributed by atoms with Crippen molar-refractivity contribution in [2.45, 2.75) is 10.9 Å². The molecule has 7 heteroatoms. The summed E-state index contributed by atoms with van der Waals surface area (Å²) in [5, 5.41) is 8.54. The van der Waals surface area contributed by atoms with Crippen molar-refractivity contribution in [1.82, 2.24) is 5.48 Å². The molecule has 2 aromatic rings. The molecular weight excluding hydrogens is 304 g/mol. The van der Waals surface area contributed by atoms with Crippen LogP contribution in [0.1, 0.15) is 0 Å². The molecule has 0 bridgehead atoms. The summed E-state index contributed by atoms with van der Waals surface area (Å²) in [4.78, 5) is 0.168. The molecule has 0 aliphatic carbocycles. The van der Waals surface area contributed by atoms with E-state index in [4.69, 9.17) is 15.7 Å². The smallest absolute Gasteiger partial charge is 0.179 e. The first-order valence-electron chi connectivity index (χ1n) is 6.69. The molecule has 0 amide bonds. The summed E-state index contributed by atoms with van der Waals surface area (Å²) >= 11 is 0. The van der Waals surface area contributed by atoms with Crippen LogP contribution in [-0.4, -0.2) is 32.0 Å². The summed E-state index contributed by atoms with van der Waals surface area (Å²) in [7, 11) is -3.50. The first-order chi connectivity index (χ1) is 10.5. The van der Waals surface area contributed by atoms with E-state index in [-0.39, 0.29) is 17.2 Å². The lowest BCUT2D eigenvalue weighted by molar-refractivity contribution is 0.162. The van der Waals surface area contributed by atoms with E-state index < -0.39 is 15.9 Å². The maximum Gasteiger partial charge on any atom is 0.179 e. The molecule has 0 spiro atoms. The van der Waals surface area contributed by atoms with E-state index in [1.807, 2.05) is 35.8 Å². The highest BCUT2D eigenvalue weighted by molar-refractivity contribution is 7.91. The minimum atomic E-state index is -3.50. The second-order valence-corrected chi connectivity index (χ2v) is 6.82. The van der Waals surface area contributed by atoms with Crippen LogP contribution in [0.5, 0.6) is 11.5 Å². The molecule has 0 saturated heterocycles. The van der Waals surface area contributed by atoms with E-state index >= 15 is 0 Å². The van der Waals surface area contributed by atoms with Crippen molar-refractivity contribution in [2.75, 3.05) is 12.3 Å². The number of ether oxygens (including phenoxy) is 1. The van der Waals surface area contributed by atoms with Crippen LogP contribution in [0.15, 0.2) is 59.5 Å². The van der Waals surface area contributed by atoms with Crippen molar-refractivity contribution in [3.05, 3.63) is 54.6 Å². The molecule has 4 N–H and O–H groups in total. The molecule has 1 atom stereocenters. The summed E-state index contributed by atoms with van der Waals surface area (Å²) in [5.41, 5.74) is 7.48. The fourth-order valence-corrected chi connectivity index (χ4v) is 3.32. The Morgan fingerprint density at radius 3 is 2.23 bits per heavy atom. The number of nitrogens with one attached hydrogen (secondary N) is 1. The fourth-order valence-electron chi connectivity index (χ4n) is 1.89. The molecule has 0 radical (unpaired) electrons. The first kappa shape index (κ1) is 16.4. The van der Waals surface area contributed by atoms with Gasteiger partial charge in [-0.25, -0.2) is 13.9 Å². The van der Waals surface area contributed by atoms with Crippen molar-refractivity contribution >= 4 is 9.84 Å². The number of hydrogen-bond donors (Lipinski definition) is 3. The lowest BCUT2D eigenvalue weighted by atomic mass is 10.3. The van der Waals surface area contributed by atoms with Crippen molar-refractivity contribution < 1.29 is 18.4 Å². The molecule has 0 fully saturated rings. The van der Waals surface area contributed by atoms with Crippen LogP contribution >= 0.6 is 0 Å². The van der Waals surface area contributed by atoms with Gasteiger partial charge in [-0.1, -0.05) is 18.2 Å². The van der Waals surface area contributed by atoms with Gasteiger partial charge in [0, 0.05) is 12.6 Å². The van der Waals surface area contributed by atoms with Gasteiger partial charge in [0.2, 0.25) is 0 Å². The standard InChI is InChI=1S/C15H18N2O4S/c16-12(10-17-18)11-22(19,20)15-8-6-14(7-9-15)21-13-4-2-1-3-5-13/h1-9,12,17-18H,10-11,16H2/t12-/m1/s1. The number of hydroxylamine groups is 1. The minimum Gasteiger partial charge on any atom is -0.457 e. The highest BCUT2D eigenvalue weighted by Crippen LogP contribution is 2.23. The highest BCUT2D eigenvalue weighted by atomic mass is 32.2. The number of nitrogens with two attached hydrogens (primary N) is 1. The van der Waals surface area contributed by atoms with E-state index in [1.165, 1.54) is 12.1 Å². The molecule has 0 heterocycles. The Kier molecular flexibility index (Phi) is 5.51. The quantitative estimate of drug-likeness (QED) is 0.669. The third-order valence-corrected chi connectivity index (χ3v) is 4.81. The zero-order chi connectivity index (χ0) is 16.0. The Hall–Kier alpha value is -1.93. The zero-order valence-electron chi connectivity index (χ0n) is 11.8. The molecule has 0 unspecified atom stereocenters. The van der Waals surface area contributed by atoms with E-state index in [2.05, 4.69) is 0 Å². The normalized spacial score (nSPS) is 12.8. The van der Waals surface area contributed by atoms with Crippen molar-refractivity contribution in [3.8, 4) is 11.5 Å². The van der Waals surface area contributed by atoms with Gasteiger partial charge in [-0.3, -0.25) is 0 Å². The Labute approximate surface area is 129 Å². The molecule has 22 heavy (non-hydrogen) atoms. The highest BCUT2D eigenvalue weighted by Gasteiger charge is 2.18. The van der Waals surface area contributed by atoms with Gasteiger partial charge in [-0.2, -0.15) is 0 Å². The molecule has 118 valence electrons. The zero-order valence-corrected chi connectivity index (χ0v) is 12.7. The third kappa shape index (κ3) is 4.54. The summed E-state index contributed by atoms with van der Waals surface area (Å²) in [5.74, 6) is 0.972. The van der Waals surface area contributed by atoms with Gasteiger partial charge in [0.15, 0.2) is 9.84 Å². The van der Waals surface area contributed by atoms with Crippen LogP contribution in [0.4, 0.5) is 0 Å². The van der Waals surface area contributed by atoms with Crippen molar-refractivity contribution in [3.63, 3.8) is 0 Å². The molecule has 0 saturated carbocycles. The molecule has 0 aliphatic rings. The lowest BCUT2D eigenvalue weighted by Crippen LogP contribution is -2.38. The molecule has 2 aromatic carbocycles. The third-order valence-electron chi connectivity index (χ3n) is 2.95. The Morgan fingerprint density at radius 1 is 1.05 bits per heavy atom. The summed E-state index contributed by atoms with van der Waals surface area (Å²) in [6.07, 6.45) is 0. The molecular formula is C15H18N2O4S. The molecule has 0 aromatic heterocycles. The van der Waals surface area contributed by atoms with E-state index in [9.17, 15) is 8.42 Å². The minimum absolute atomic E-state index is 0.00836. The van der Waals surface area contributed by atoms with Gasteiger partial charge < -0.3 is 15.7 Å². The largest absolute Gasteiger partial charge is 0.457 e. The van der Waals surface area contributed by atoms with Crippen molar-refractivity contribution in [1.29, 1.82) is 0 Å². The summed E-state index contributed by atoms with van der Waals surface area (Å²) in [6, 6.07) is 14.7. The van der Waals surface area contributed by atoms with E-state index in [0.29, 0.717) is 11.5 Å². The Morgan fingerprint density at radius 2 is 1.64 bits per heavy atom. The predicted octanol–water partition coefficient (Wildman–Crippen LogP) is 1.56. The number of benzene rings is 2. The van der Waals surface area contributed by atoms with Crippen LogP contribution in [0.2, 0.25) is 0 Å². The van der Waals surface area contributed by atoms with Gasteiger partial charge in [0.05, 0.1) is 10.6 Å². The van der Waals surface area contributed by atoms with Gasteiger partial charge in [-0.15, -0.1) is 0 Å². The topological polar surface area (TPSA) is 102 Å². The fraction of sp³-hybridized carbons (Fsp3) is 0.200. The van der Waals surface area contributed by atoms with Crippen LogP contribution in [0.25, 0.3) is 0 Å². The Balaban J connectivity index is 2.08. The van der Waals surface area contributed by atoms with Gasteiger partial charge in [-0.05, 0) is 36.4 Å². The average molecular weight is 322 g/mol. The average Bonchev–Trinajstić information content (AvgIpc) is 2.48. The predicted molar refractivity (Wildman–Crippen MR) is 82.8 cm³/mol. The van der Waals surface area contributed by atoms with Crippen LogP contribution in [0, 0.1) is 0 Å². The molecule has 2 rings (SSSR count). The lowest BCUT2D eigenvalue weighted by Gasteiger charge is -2.11. The second-order valence-electron chi connectivity index (χ2n) is 4.79. The van der Waals surface area contributed by atoms with Crippen LogP contribution in [0.3, 0.4) is 0 Å². The number of sulfone groups is 1. The van der Waals surface area contributed by atoms with Gasteiger partial charge in [0.1, 0.15) is 11.5 Å². The van der Waals surface area contributed by atoms with Crippen LogP contribution < -0.4 is 16.0 Å². The van der Waals surface area contributed by atoms with Crippen LogP contribution in [-0.2, 0) is 9.84 Å². The van der Waals surface area contributed by atoms with E-state index in [0.717, 1.165) is 0 Å². The summed E-state index contributed by atoms with van der Waals surface area (Å²) < 4.78 is 29.9. The number of para-hydroxylation sites is 1. The monoisotopic (exact) mass is 322 g/mol. The molecule has 6 nitrogen and oxygen atoms in total. The summed E-state index contributed by atoms with van der Waals surface area (Å²) in [6.45, 7) is 0.00836. The first-order valence-corrected chi connectivity index (χ1v) is 8.35. The molecule has 0 aliphatic heterocycles. The Bertz CT molecular complexity index is 687. The van der Waals surface area contributed by atoms with Gasteiger partial charge in [0.25, 0.3) is 0 Å². The van der Waals surface area contributed by atoms with Gasteiger partial charge >= 0.3 is 0 Å². The maximum absolute atomic E-state index is 12.2. The second kappa shape index (κ2) is 7.37. The number of hydrogen-bond acceptors (Lipinski definition) is 6. The SMILES string of the molecule is N[C@H](CNO)CS(=O)(=O)c1ccc(Oc2ccccc2)cc1. The van der Waals surface area contributed by atoms with E-state index in [1.54, 1.807) is 12.1 Å².